The van der Waals surface area contributed by atoms with E-state index >= 15 is 0 Å². The molecule has 0 saturated carbocycles. The molecule has 1 fully saturated rings. The maximum absolute atomic E-state index is 5.41. The van der Waals surface area contributed by atoms with Crippen LogP contribution in [0.1, 0.15) is 0 Å². The van der Waals surface area contributed by atoms with Gasteiger partial charge in [-0.3, -0.25) is 0 Å². The molecule has 2 aromatic carbocycles. The zero-order valence-electron chi connectivity index (χ0n) is 14.1. The van der Waals surface area contributed by atoms with Crippen molar-refractivity contribution in [3.8, 4) is 17.2 Å². The van der Waals surface area contributed by atoms with Gasteiger partial charge in [-0.15, -0.1) is 0 Å². The second-order valence-electron chi connectivity index (χ2n) is 5.94. The van der Waals surface area contributed by atoms with Crippen molar-refractivity contribution in [2.45, 2.75) is 0 Å². The standard InChI is InChI=1S/C19H20N4O2/c1-24-17-9-7-16(8-10-17)22-11-13-23(14-12-22)19-20-18(25-21-19)15-5-3-2-4-6-15/h2-10H,11-14H2,1H3. The van der Waals surface area contributed by atoms with Gasteiger partial charge in [0.2, 0.25) is 0 Å². The normalized spacial score (nSPS) is 14.6. The Balaban J connectivity index is 1.41. The molecule has 1 aliphatic heterocycles. The van der Waals surface area contributed by atoms with Gasteiger partial charge in [0.05, 0.1) is 7.11 Å². The van der Waals surface area contributed by atoms with E-state index in [4.69, 9.17) is 9.26 Å². The van der Waals surface area contributed by atoms with Gasteiger partial charge in [0.1, 0.15) is 5.75 Å². The smallest absolute Gasteiger partial charge is 0.266 e. The van der Waals surface area contributed by atoms with E-state index in [0.29, 0.717) is 11.8 Å². The molecular weight excluding hydrogens is 316 g/mol. The number of aromatic nitrogens is 2. The minimum atomic E-state index is 0.563. The molecule has 6 nitrogen and oxygen atoms in total. The zero-order chi connectivity index (χ0) is 17.1. The van der Waals surface area contributed by atoms with Crippen LogP contribution in [0.5, 0.6) is 5.75 Å². The molecule has 128 valence electrons. The molecule has 4 rings (SSSR count). The maximum atomic E-state index is 5.41. The minimum Gasteiger partial charge on any atom is -0.497 e. The zero-order valence-corrected chi connectivity index (χ0v) is 14.1. The molecule has 0 N–H and O–H groups in total. The van der Waals surface area contributed by atoms with Crippen LogP contribution in [-0.4, -0.2) is 43.4 Å². The second-order valence-corrected chi connectivity index (χ2v) is 5.94. The van der Waals surface area contributed by atoms with Crippen molar-refractivity contribution in [1.29, 1.82) is 0 Å². The third-order valence-corrected chi connectivity index (χ3v) is 4.44. The fourth-order valence-corrected chi connectivity index (χ4v) is 3.00. The lowest BCUT2D eigenvalue weighted by Crippen LogP contribution is -2.46. The van der Waals surface area contributed by atoms with E-state index in [0.717, 1.165) is 37.5 Å². The lowest BCUT2D eigenvalue weighted by atomic mass is 10.2. The molecule has 1 saturated heterocycles. The summed E-state index contributed by atoms with van der Waals surface area (Å²) in [6.07, 6.45) is 0. The highest BCUT2D eigenvalue weighted by molar-refractivity contribution is 5.55. The molecule has 0 aliphatic carbocycles. The summed E-state index contributed by atoms with van der Waals surface area (Å²) in [5, 5.41) is 4.14. The Morgan fingerprint density at radius 2 is 1.56 bits per heavy atom. The van der Waals surface area contributed by atoms with Crippen LogP contribution in [0.4, 0.5) is 11.6 Å². The molecule has 0 radical (unpaired) electrons. The third kappa shape index (κ3) is 3.28. The Kier molecular flexibility index (Phi) is 4.24. The van der Waals surface area contributed by atoms with Crippen LogP contribution >= 0.6 is 0 Å². The molecule has 6 heteroatoms. The van der Waals surface area contributed by atoms with Crippen molar-refractivity contribution in [2.24, 2.45) is 0 Å². The summed E-state index contributed by atoms with van der Waals surface area (Å²) in [6.45, 7) is 3.56. The third-order valence-electron chi connectivity index (χ3n) is 4.44. The lowest BCUT2D eigenvalue weighted by molar-refractivity contribution is 0.414. The van der Waals surface area contributed by atoms with E-state index in [-0.39, 0.29) is 0 Å². The van der Waals surface area contributed by atoms with Gasteiger partial charge >= 0.3 is 0 Å². The van der Waals surface area contributed by atoms with E-state index in [1.54, 1.807) is 7.11 Å². The first kappa shape index (κ1) is 15.5. The van der Waals surface area contributed by atoms with Gasteiger partial charge < -0.3 is 19.1 Å². The van der Waals surface area contributed by atoms with E-state index < -0.39 is 0 Å². The number of piperazine rings is 1. The molecule has 3 aromatic rings. The van der Waals surface area contributed by atoms with E-state index in [9.17, 15) is 0 Å². The van der Waals surface area contributed by atoms with Gasteiger partial charge in [-0.1, -0.05) is 18.2 Å². The fourth-order valence-electron chi connectivity index (χ4n) is 3.00. The molecule has 0 atom stereocenters. The summed E-state index contributed by atoms with van der Waals surface area (Å²) in [5.41, 5.74) is 2.15. The number of methoxy groups -OCH3 is 1. The average Bonchev–Trinajstić information content (AvgIpc) is 3.19. The van der Waals surface area contributed by atoms with Crippen molar-refractivity contribution in [1.82, 2.24) is 10.1 Å². The molecular formula is C19H20N4O2. The van der Waals surface area contributed by atoms with Gasteiger partial charge in [0.15, 0.2) is 0 Å². The largest absolute Gasteiger partial charge is 0.497 e. The average molecular weight is 336 g/mol. The highest BCUT2D eigenvalue weighted by atomic mass is 16.5. The van der Waals surface area contributed by atoms with Crippen LogP contribution < -0.4 is 14.5 Å². The molecule has 0 amide bonds. The van der Waals surface area contributed by atoms with Gasteiger partial charge in [-0.2, -0.15) is 4.98 Å². The van der Waals surface area contributed by atoms with Gasteiger partial charge in [-0.05, 0) is 41.6 Å². The minimum absolute atomic E-state index is 0.563. The number of rotatable bonds is 4. The van der Waals surface area contributed by atoms with Crippen molar-refractivity contribution in [3.63, 3.8) is 0 Å². The monoisotopic (exact) mass is 336 g/mol. The van der Waals surface area contributed by atoms with E-state index in [2.05, 4.69) is 32.1 Å². The van der Waals surface area contributed by atoms with Crippen LogP contribution in [0.15, 0.2) is 59.1 Å². The Morgan fingerprint density at radius 1 is 0.880 bits per heavy atom. The fraction of sp³-hybridized carbons (Fsp3) is 0.263. The second kappa shape index (κ2) is 6.84. The topological polar surface area (TPSA) is 54.6 Å². The number of nitrogens with zero attached hydrogens (tertiary/aromatic N) is 4. The number of ether oxygens (including phenoxy) is 1. The predicted molar refractivity (Wildman–Crippen MR) is 97.2 cm³/mol. The van der Waals surface area contributed by atoms with Crippen molar-refractivity contribution in [2.75, 3.05) is 43.1 Å². The summed E-state index contributed by atoms with van der Waals surface area (Å²) >= 11 is 0. The SMILES string of the molecule is COc1ccc(N2CCN(c3noc(-c4ccccc4)n3)CC2)cc1. The van der Waals surface area contributed by atoms with E-state index in [1.807, 2.05) is 42.5 Å². The van der Waals surface area contributed by atoms with Crippen LogP contribution in [-0.2, 0) is 0 Å². The number of hydrogen-bond donors (Lipinski definition) is 0. The Hall–Kier alpha value is -3.02. The van der Waals surface area contributed by atoms with E-state index in [1.165, 1.54) is 5.69 Å². The number of hydrogen-bond acceptors (Lipinski definition) is 6. The van der Waals surface area contributed by atoms with Crippen LogP contribution in [0, 0.1) is 0 Å². The van der Waals surface area contributed by atoms with Gasteiger partial charge in [-0.25, -0.2) is 0 Å². The van der Waals surface area contributed by atoms with Crippen LogP contribution in [0.2, 0.25) is 0 Å². The van der Waals surface area contributed by atoms with Gasteiger partial charge in [0, 0.05) is 37.4 Å². The first-order valence-electron chi connectivity index (χ1n) is 8.36. The highest BCUT2D eigenvalue weighted by Gasteiger charge is 2.21. The maximum Gasteiger partial charge on any atom is 0.266 e. The molecule has 1 aromatic heterocycles. The summed E-state index contributed by atoms with van der Waals surface area (Å²) < 4.78 is 10.6. The molecule has 1 aliphatic rings. The quantitative estimate of drug-likeness (QED) is 0.730. The molecule has 0 bridgehead atoms. The van der Waals surface area contributed by atoms with Crippen molar-refractivity contribution < 1.29 is 9.26 Å². The van der Waals surface area contributed by atoms with Crippen molar-refractivity contribution in [3.05, 3.63) is 54.6 Å². The summed E-state index contributed by atoms with van der Waals surface area (Å²) in [7, 11) is 1.68. The molecule has 0 unspecified atom stereocenters. The Labute approximate surface area is 146 Å². The Bertz CT molecular complexity index is 809. The van der Waals surface area contributed by atoms with Crippen LogP contribution in [0.3, 0.4) is 0 Å². The first-order chi connectivity index (χ1) is 12.3. The van der Waals surface area contributed by atoms with Gasteiger partial charge in [0.25, 0.3) is 11.8 Å². The molecule has 2 heterocycles. The molecule has 25 heavy (non-hydrogen) atoms. The Morgan fingerprint density at radius 3 is 2.24 bits per heavy atom. The van der Waals surface area contributed by atoms with Crippen molar-refractivity contribution >= 4 is 11.6 Å². The molecule has 0 spiro atoms. The predicted octanol–water partition coefficient (Wildman–Crippen LogP) is 3.07. The number of benzene rings is 2. The highest BCUT2D eigenvalue weighted by Crippen LogP contribution is 2.23. The number of anilines is 2. The summed E-state index contributed by atoms with van der Waals surface area (Å²) in [5.74, 6) is 2.10. The van der Waals surface area contributed by atoms with Crippen LogP contribution in [0.25, 0.3) is 11.5 Å². The lowest BCUT2D eigenvalue weighted by Gasteiger charge is -2.35. The summed E-state index contributed by atoms with van der Waals surface area (Å²) in [6, 6.07) is 18.0. The summed E-state index contributed by atoms with van der Waals surface area (Å²) in [4.78, 5) is 9.06. The first-order valence-corrected chi connectivity index (χ1v) is 8.36.